The standard InChI is InChI=1S/C14H16N2O/c15-5-1-2-12(9-16)8-14(10-17)7-11-3-4-13(14)6-11/h3-4,10-13H,1-2,6-8H2. The Balaban J connectivity index is 2.05. The molecule has 2 aliphatic rings. The highest BCUT2D eigenvalue weighted by atomic mass is 16.1. The molecule has 2 aliphatic carbocycles. The second-order valence-corrected chi connectivity index (χ2v) is 5.27. The lowest BCUT2D eigenvalue weighted by molar-refractivity contribution is -0.118. The largest absolute Gasteiger partial charge is 0.303 e. The Morgan fingerprint density at radius 2 is 2.29 bits per heavy atom. The maximum absolute atomic E-state index is 11.4. The lowest BCUT2D eigenvalue weighted by Crippen LogP contribution is -2.30. The summed E-state index contributed by atoms with van der Waals surface area (Å²) in [6, 6.07) is 4.32. The van der Waals surface area contributed by atoms with Crippen LogP contribution in [0.5, 0.6) is 0 Å². The summed E-state index contributed by atoms with van der Waals surface area (Å²) in [5.41, 5.74) is -0.324. The first-order valence-corrected chi connectivity index (χ1v) is 6.15. The third kappa shape index (κ3) is 2.11. The zero-order valence-corrected chi connectivity index (χ0v) is 9.80. The smallest absolute Gasteiger partial charge is 0.126 e. The molecule has 1 saturated carbocycles. The van der Waals surface area contributed by atoms with Crippen molar-refractivity contribution in [1.29, 1.82) is 10.5 Å². The predicted molar refractivity (Wildman–Crippen MR) is 62.4 cm³/mol. The van der Waals surface area contributed by atoms with Crippen LogP contribution in [0, 0.1) is 45.8 Å². The van der Waals surface area contributed by atoms with Gasteiger partial charge < -0.3 is 4.79 Å². The molecule has 2 bridgehead atoms. The molecule has 0 aromatic carbocycles. The van der Waals surface area contributed by atoms with Crippen LogP contribution < -0.4 is 0 Å². The van der Waals surface area contributed by atoms with Crippen LogP contribution in [0.25, 0.3) is 0 Å². The van der Waals surface area contributed by atoms with E-state index in [9.17, 15) is 4.79 Å². The van der Waals surface area contributed by atoms with Gasteiger partial charge in [0.05, 0.1) is 12.1 Å². The molecule has 3 nitrogen and oxygen atoms in total. The Morgan fingerprint density at radius 3 is 2.76 bits per heavy atom. The third-order valence-electron chi connectivity index (χ3n) is 4.20. The molecule has 0 aromatic rings. The zero-order chi connectivity index (χ0) is 12.3. The summed E-state index contributed by atoms with van der Waals surface area (Å²) in [7, 11) is 0. The van der Waals surface area contributed by atoms with Gasteiger partial charge in [0.25, 0.3) is 0 Å². The number of hydrogen-bond acceptors (Lipinski definition) is 3. The molecule has 0 aromatic heterocycles. The number of nitriles is 2. The van der Waals surface area contributed by atoms with E-state index in [2.05, 4.69) is 24.3 Å². The lowest BCUT2D eigenvalue weighted by Gasteiger charge is -2.31. The molecule has 2 rings (SSSR count). The van der Waals surface area contributed by atoms with E-state index < -0.39 is 0 Å². The van der Waals surface area contributed by atoms with Crippen molar-refractivity contribution < 1.29 is 4.79 Å². The van der Waals surface area contributed by atoms with Crippen molar-refractivity contribution in [2.24, 2.45) is 23.2 Å². The predicted octanol–water partition coefficient (Wildman–Crippen LogP) is 2.60. The van der Waals surface area contributed by atoms with Gasteiger partial charge in [-0.05, 0) is 37.5 Å². The third-order valence-corrected chi connectivity index (χ3v) is 4.20. The number of carbonyl (C=O) groups excluding carboxylic acids is 1. The minimum atomic E-state index is -0.324. The Hall–Kier alpha value is -1.61. The van der Waals surface area contributed by atoms with Crippen LogP contribution in [0.15, 0.2) is 12.2 Å². The van der Waals surface area contributed by atoms with Gasteiger partial charge in [-0.2, -0.15) is 10.5 Å². The van der Waals surface area contributed by atoms with Gasteiger partial charge in [-0.25, -0.2) is 0 Å². The number of allylic oxidation sites excluding steroid dienone is 2. The number of rotatable bonds is 5. The van der Waals surface area contributed by atoms with Crippen LogP contribution >= 0.6 is 0 Å². The van der Waals surface area contributed by atoms with E-state index in [1.54, 1.807) is 0 Å². The van der Waals surface area contributed by atoms with Crippen molar-refractivity contribution >= 4 is 6.29 Å². The van der Waals surface area contributed by atoms with E-state index in [4.69, 9.17) is 10.5 Å². The number of hydrogen-bond donors (Lipinski definition) is 0. The molecule has 3 heteroatoms. The summed E-state index contributed by atoms with van der Waals surface area (Å²) in [6.45, 7) is 0. The summed E-state index contributed by atoms with van der Waals surface area (Å²) >= 11 is 0. The number of aldehydes is 1. The van der Waals surface area contributed by atoms with Crippen LogP contribution in [0.3, 0.4) is 0 Å². The van der Waals surface area contributed by atoms with Crippen molar-refractivity contribution in [3.63, 3.8) is 0 Å². The van der Waals surface area contributed by atoms with Crippen molar-refractivity contribution in [1.82, 2.24) is 0 Å². The maximum atomic E-state index is 11.4. The van der Waals surface area contributed by atoms with E-state index in [-0.39, 0.29) is 11.3 Å². The van der Waals surface area contributed by atoms with Gasteiger partial charge in [0, 0.05) is 17.8 Å². The molecule has 0 spiro atoms. The SMILES string of the molecule is N#CCCC(C#N)CC1(C=O)CC2C=CC1C2. The van der Waals surface area contributed by atoms with E-state index in [1.807, 2.05) is 0 Å². The van der Waals surface area contributed by atoms with Gasteiger partial charge in [0.1, 0.15) is 6.29 Å². The number of fused-ring (bicyclic) bond motifs is 2. The molecular weight excluding hydrogens is 212 g/mol. The van der Waals surface area contributed by atoms with Gasteiger partial charge in [0.2, 0.25) is 0 Å². The highest BCUT2D eigenvalue weighted by molar-refractivity contribution is 5.62. The molecular formula is C14H16N2O. The quantitative estimate of drug-likeness (QED) is 0.536. The van der Waals surface area contributed by atoms with Gasteiger partial charge in [-0.1, -0.05) is 12.2 Å². The number of carbonyl (C=O) groups is 1. The Labute approximate surface area is 102 Å². The minimum absolute atomic E-state index is 0.160. The van der Waals surface area contributed by atoms with Gasteiger partial charge >= 0.3 is 0 Å². The average Bonchev–Trinajstić information content (AvgIpc) is 2.95. The van der Waals surface area contributed by atoms with Crippen molar-refractivity contribution in [2.75, 3.05) is 0 Å². The normalized spacial score (nSPS) is 35.2. The molecule has 1 fully saturated rings. The zero-order valence-electron chi connectivity index (χ0n) is 9.80. The molecule has 0 amide bonds. The Morgan fingerprint density at radius 1 is 1.47 bits per heavy atom. The van der Waals surface area contributed by atoms with E-state index in [0.29, 0.717) is 31.1 Å². The monoisotopic (exact) mass is 228 g/mol. The summed E-state index contributed by atoms with van der Waals surface area (Å²) in [5.74, 6) is 0.691. The van der Waals surface area contributed by atoms with Gasteiger partial charge in [0.15, 0.2) is 0 Å². The summed E-state index contributed by atoms with van der Waals surface area (Å²) < 4.78 is 0. The molecule has 17 heavy (non-hydrogen) atoms. The van der Waals surface area contributed by atoms with E-state index in [0.717, 1.165) is 19.1 Å². The molecule has 4 atom stereocenters. The van der Waals surface area contributed by atoms with Crippen LogP contribution in [0.1, 0.15) is 32.1 Å². The minimum Gasteiger partial charge on any atom is -0.303 e. The van der Waals surface area contributed by atoms with Gasteiger partial charge in [-0.3, -0.25) is 0 Å². The molecule has 88 valence electrons. The Kier molecular flexibility index (Phi) is 3.29. The van der Waals surface area contributed by atoms with Crippen LogP contribution in [-0.4, -0.2) is 6.29 Å². The first kappa shape index (κ1) is 11.9. The molecule has 0 aliphatic heterocycles. The average molecular weight is 228 g/mol. The van der Waals surface area contributed by atoms with E-state index in [1.165, 1.54) is 0 Å². The molecule has 0 N–H and O–H groups in total. The fourth-order valence-electron chi connectivity index (χ4n) is 3.32. The summed E-state index contributed by atoms with van der Waals surface area (Å²) in [5, 5.41) is 17.7. The van der Waals surface area contributed by atoms with Crippen molar-refractivity contribution in [3.8, 4) is 12.1 Å². The highest BCUT2D eigenvalue weighted by Gasteiger charge is 2.49. The van der Waals surface area contributed by atoms with Crippen LogP contribution in [-0.2, 0) is 4.79 Å². The second kappa shape index (κ2) is 4.72. The molecule has 4 unspecified atom stereocenters. The fraction of sp³-hybridized carbons (Fsp3) is 0.643. The van der Waals surface area contributed by atoms with E-state index >= 15 is 0 Å². The first-order valence-electron chi connectivity index (χ1n) is 6.15. The van der Waals surface area contributed by atoms with Crippen LogP contribution in [0.4, 0.5) is 0 Å². The second-order valence-electron chi connectivity index (χ2n) is 5.27. The Bertz CT molecular complexity index is 415. The summed E-state index contributed by atoms with van der Waals surface area (Å²) in [6.07, 6.45) is 8.97. The van der Waals surface area contributed by atoms with Crippen molar-refractivity contribution in [3.05, 3.63) is 12.2 Å². The maximum Gasteiger partial charge on any atom is 0.126 e. The topological polar surface area (TPSA) is 64.7 Å². The fourth-order valence-corrected chi connectivity index (χ4v) is 3.32. The van der Waals surface area contributed by atoms with Crippen LogP contribution in [0.2, 0.25) is 0 Å². The molecule has 0 heterocycles. The molecule has 0 radical (unpaired) electrons. The first-order chi connectivity index (χ1) is 8.24. The van der Waals surface area contributed by atoms with Crippen molar-refractivity contribution in [2.45, 2.75) is 32.1 Å². The summed E-state index contributed by atoms with van der Waals surface area (Å²) in [4.78, 5) is 11.4. The molecule has 0 saturated heterocycles. The lowest BCUT2D eigenvalue weighted by atomic mass is 9.70. The highest BCUT2D eigenvalue weighted by Crippen LogP contribution is 2.54. The number of nitrogens with zero attached hydrogens (tertiary/aromatic N) is 2. The van der Waals surface area contributed by atoms with Gasteiger partial charge in [-0.15, -0.1) is 0 Å².